The minimum absolute atomic E-state index is 0.0786. The fourth-order valence-corrected chi connectivity index (χ4v) is 3.64. The second-order valence-electron chi connectivity index (χ2n) is 8.42. The van der Waals surface area contributed by atoms with E-state index in [1.54, 1.807) is 17.9 Å². The Morgan fingerprint density at radius 2 is 1.79 bits per heavy atom. The van der Waals surface area contributed by atoms with Crippen molar-refractivity contribution in [3.05, 3.63) is 64.7 Å². The van der Waals surface area contributed by atoms with Crippen molar-refractivity contribution in [1.82, 2.24) is 4.90 Å². The summed E-state index contributed by atoms with van der Waals surface area (Å²) in [5.41, 5.74) is 2.62. The average Bonchev–Trinajstić information content (AvgIpc) is 2.67. The lowest BCUT2D eigenvalue weighted by Crippen LogP contribution is -2.49. The third kappa shape index (κ3) is 4.16. The van der Waals surface area contributed by atoms with Gasteiger partial charge in [-0.15, -0.1) is 0 Å². The second-order valence-corrected chi connectivity index (χ2v) is 8.42. The lowest BCUT2D eigenvalue weighted by Gasteiger charge is -2.39. The van der Waals surface area contributed by atoms with Crippen LogP contribution in [0.25, 0.3) is 0 Å². The number of aryl methyl sites for hydroxylation is 1. The third-order valence-corrected chi connectivity index (χ3v) is 5.17. The van der Waals surface area contributed by atoms with Gasteiger partial charge in [-0.2, -0.15) is 0 Å². The van der Waals surface area contributed by atoms with Crippen molar-refractivity contribution in [1.29, 1.82) is 0 Å². The number of anilines is 1. The fraction of sp³-hybridized carbons (Fsp3) is 0.348. The molecule has 0 saturated heterocycles. The van der Waals surface area contributed by atoms with Gasteiger partial charge >= 0.3 is 5.97 Å². The molecule has 2 amide bonds. The van der Waals surface area contributed by atoms with Crippen LogP contribution in [0.4, 0.5) is 5.69 Å². The molecule has 0 spiro atoms. The van der Waals surface area contributed by atoms with Crippen molar-refractivity contribution in [2.75, 3.05) is 11.9 Å². The molecule has 2 aromatic carbocycles. The number of carbonyl (C=O) groups excluding carboxylic acids is 2. The van der Waals surface area contributed by atoms with E-state index >= 15 is 0 Å². The molecule has 29 heavy (non-hydrogen) atoms. The third-order valence-electron chi connectivity index (χ3n) is 5.17. The van der Waals surface area contributed by atoms with Crippen LogP contribution in [0.3, 0.4) is 0 Å². The smallest absolute Gasteiger partial charge is 0.335 e. The highest BCUT2D eigenvalue weighted by Gasteiger charge is 2.39. The zero-order chi connectivity index (χ0) is 21.3. The standard InChI is InChI=1S/C23H26N2O4/c1-14-13-16(21(27)28)9-10-18(14)24-20(26)19-17-8-6-5-7-15(17)11-12-25(19)22(29)23(2,3)4/h5-10,13,19H,11-12H2,1-4H3,(H,24,26)(H,27,28). The predicted octanol–water partition coefficient (Wildman–Crippen LogP) is 3.80. The van der Waals surface area contributed by atoms with Gasteiger partial charge in [-0.1, -0.05) is 45.0 Å². The normalized spacial score (nSPS) is 16.1. The van der Waals surface area contributed by atoms with Gasteiger partial charge in [0.2, 0.25) is 5.91 Å². The molecular weight excluding hydrogens is 368 g/mol. The van der Waals surface area contributed by atoms with Gasteiger partial charge in [-0.25, -0.2) is 4.79 Å². The molecule has 0 fully saturated rings. The summed E-state index contributed by atoms with van der Waals surface area (Å²) in [7, 11) is 0. The van der Waals surface area contributed by atoms with Crippen LogP contribution in [0.5, 0.6) is 0 Å². The lowest BCUT2D eigenvalue weighted by molar-refractivity contribution is -0.146. The number of carboxylic acid groups (broad SMARTS) is 1. The molecule has 2 N–H and O–H groups in total. The highest BCUT2D eigenvalue weighted by molar-refractivity contribution is 6.00. The van der Waals surface area contributed by atoms with Crippen LogP contribution in [0.2, 0.25) is 0 Å². The van der Waals surface area contributed by atoms with E-state index in [1.807, 2.05) is 45.0 Å². The van der Waals surface area contributed by atoms with Crippen molar-refractivity contribution < 1.29 is 19.5 Å². The van der Waals surface area contributed by atoms with Crippen LogP contribution in [-0.4, -0.2) is 34.3 Å². The SMILES string of the molecule is Cc1cc(C(=O)O)ccc1NC(=O)C1c2ccccc2CCN1C(=O)C(C)(C)C. The molecule has 0 radical (unpaired) electrons. The lowest BCUT2D eigenvalue weighted by atomic mass is 9.87. The minimum Gasteiger partial charge on any atom is -0.478 e. The van der Waals surface area contributed by atoms with Gasteiger partial charge in [0.1, 0.15) is 6.04 Å². The van der Waals surface area contributed by atoms with E-state index in [2.05, 4.69) is 5.32 Å². The number of rotatable bonds is 3. The van der Waals surface area contributed by atoms with Gasteiger partial charge < -0.3 is 15.3 Å². The molecule has 1 aliphatic heterocycles. The quantitative estimate of drug-likeness (QED) is 0.829. The maximum atomic E-state index is 13.3. The van der Waals surface area contributed by atoms with Crippen LogP contribution in [0.1, 0.15) is 53.9 Å². The van der Waals surface area contributed by atoms with Crippen LogP contribution in [0.15, 0.2) is 42.5 Å². The molecule has 1 atom stereocenters. The summed E-state index contributed by atoms with van der Waals surface area (Å²) in [6.07, 6.45) is 0.702. The van der Waals surface area contributed by atoms with Crippen LogP contribution in [0, 0.1) is 12.3 Å². The summed E-state index contributed by atoms with van der Waals surface area (Å²) in [5.74, 6) is -1.40. The molecule has 3 rings (SSSR count). The highest BCUT2D eigenvalue weighted by atomic mass is 16.4. The molecule has 2 aromatic rings. The number of hydrogen-bond acceptors (Lipinski definition) is 3. The van der Waals surface area contributed by atoms with Crippen LogP contribution in [-0.2, 0) is 16.0 Å². The van der Waals surface area contributed by atoms with Gasteiger partial charge in [0.05, 0.1) is 5.56 Å². The van der Waals surface area contributed by atoms with Crippen molar-refractivity contribution in [2.24, 2.45) is 5.41 Å². The monoisotopic (exact) mass is 394 g/mol. The van der Waals surface area contributed by atoms with Gasteiger partial charge in [0, 0.05) is 17.6 Å². The molecule has 0 saturated carbocycles. The van der Waals surface area contributed by atoms with Crippen molar-refractivity contribution in [2.45, 2.75) is 40.2 Å². The zero-order valence-corrected chi connectivity index (χ0v) is 17.2. The highest BCUT2D eigenvalue weighted by Crippen LogP contribution is 2.34. The molecule has 0 aromatic heterocycles. The molecular formula is C23H26N2O4. The van der Waals surface area contributed by atoms with E-state index in [-0.39, 0.29) is 17.4 Å². The number of carbonyl (C=O) groups is 3. The topological polar surface area (TPSA) is 86.7 Å². The average molecular weight is 394 g/mol. The van der Waals surface area contributed by atoms with Crippen LogP contribution < -0.4 is 5.32 Å². The number of carboxylic acids is 1. The van der Waals surface area contributed by atoms with Crippen molar-refractivity contribution in [3.63, 3.8) is 0 Å². The first kappa shape index (κ1) is 20.6. The molecule has 1 heterocycles. The number of amides is 2. The van der Waals surface area contributed by atoms with E-state index < -0.39 is 17.4 Å². The maximum absolute atomic E-state index is 13.3. The predicted molar refractivity (Wildman–Crippen MR) is 111 cm³/mol. The Bertz CT molecular complexity index is 975. The fourth-order valence-electron chi connectivity index (χ4n) is 3.64. The second kappa shape index (κ2) is 7.70. The van der Waals surface area contributed by atoms with E-state index in [0.29, 0.717) is 24.2 Å². The van der Waals surface area contributed by atoms with E-state index in [1.165, 1.54) is 12.1 Å². The Morgan fingerprint density at radius 1 is 1.10 bits per heavy atom. The minimum atomic E-state index is -1.02. The van der Waals surface area contributed by atoms with Gasteiger partial charge in [-0.05, 0) is 48.2 Å². The van der Waals surface area contributed by atoms with Crippen molar-refractivity contribution >= 4 is 23.5 Å². The number of aromatic carboxylic acids is 1. The summed E-state index contributed by atoms with van der Waals surface area (Å²) in [6, 6.07) is 11.5. The number of nitrogens with one attached hydrogen (secondary N) is 1. The molecule has 6 heteroatoms. The summed E-state index contributed by atoms with van der Waals surface area (Å²) < 4.78 is 0. The maximum Gasteiger partial charge on any atom is 0.335 e. The zero-order valence-electron chi connectivity index (χ0n) is 17.2. The Balaban J connectivity index is 1.97. The number of nitrogens with zero attached hydrogens (tertiary/aromatic N) is 1. The largest absolute Gasteiger partial charge is 0.478 e. The first-order valence-electron chi connectivity index (χ1n) is 9.63. The molecule has 1 aliphatic rings. The Morgan fingerprint density at radius 3 is 2.41 bits per heavy atom. The number of hydrogen-bond donors (Lipinski definition) is 2. The number of fused-ring (bicyclic) bond motifs is 1. The molecule has 152 valence electrons. The van der Waals surface area contributed by atoms with E-state index in [4.69, 9.17) is 5.11 Å². The van der Waals surface area contributed by atoms with Gasteiger partial charge in [-0.3, -0.25) is 9.59 Å². The summed E-state index contributed by atoms with van der Waals surface area (Å²) in [6.45, 7) is 7.76. The first-order valence-corrected chi connectivity index (χ1v) is 9.63. The Labute approximate surface area is 170 Å². The molecule has 0 aliphatic carbocycles. The van der Waals surface area contributed by atoms with E-state index in [9.17, 15) is 14.4 Å². The molecule has 0 bridgehead atoms. The number of benzene rings is 2. The summed E-state index contributed by atoms with van der Waals surface area (Å²) in [4.78, 5) is 39.2. The molecule has 6 nitrogen and oxygen atoms in total. The Hall–Kier alpha value is -3.15. The van der Waals surface area contributed by atoms with Gasteiger partial charge in [0.25, 0.3) is 5.91 Å². The first-order chi connectivity index (χ1) is 13.6. The van der Waals surface area contributed by atoms with Crippen LogP contribution >= 0.6 is 0 Å². The molecule has 1 unspecified atom stereocenters. The van der Waals surface area contributed by atoms with Gasteiger partial charge in [0.15, 0.2) is 0 Å². The summed E-state index contributed by atoms with van der Waals surface area (Å²) in [5, 5.41) is 12.0. The van der Waals surface area contributed by atoms with E-state index in [0.717, 1.165) is 11.1 Å². The summed E-state index contributed by atoms with van der Waals surface area (Å²) >= 11 is 0. The van der Waals surface area contributed by atoms with Crippen molar-refractivity contribution in [3.8, 4) is 0 Å². The Kier molecular flexibility index (Phi) is 5.46.